The Labute approximate surface area is 165 Å². The van der Waals surface area contributed by atoms with Gasteiger partial charge in [-0.3, -0.25) is 9.69 Å². The summed E-state index contributed by atoms with van der Waals surface area (Å²) in [7, 11) is 4.01. The molecule has 0 bridgehead atoms. The van der Waals surface area contributed by atoms with Crippen LogP contribution in [0, 0.1) is 5.82 Å². The van der Waals surface area contributed by atoms with E-state index in [1.54, 1.807) is 0 Å². The first kappa shape index (κ1) is 19.3. The minimum absolute atomic E-state index is 0.0878. The molecule has 3 saturated heterocycles. The number of morpholine rings is 1. The van der Waals surface area contributed by atoms with Gasteiger partial charge in [0.2, 0.25) is 11.9 Å². The largest absolute Gasteiger partial charge is 0.378 e. The molecule has 3 aliphatic heterocycles. The van der Waals surface area contributed by atoms with E-state index in [1.165, 1.54) is 6.20 Å². The van der Waals surface area contributed by atoms with Crippen molar-refractivity contribution in [2.24, 2.45) is 0 Å². The Balaban J connectivity index is 1.57. The van der Waals surface area contributed by atoms with E-state index in [-0.39, 0.29) is 11.4 Å². The highest BCUT2D eigenvalue weighted by Gasteiger charge is 2.42. The fourth-order valence-electron chi connectivity index (χ4n) is 4.43. The van der Waals surface area contributed by atoms with Gasteiger partial charge in [-0.2, -0.15) is 4.98 Å². The van der Waals surface area contributed by atoms with Crippen molar-refractivity contribution >= 4 is 17.7 Å². The minimum Gasteiger partial charge on any atom is -0.378 e. The summed E-state index contributed by atoms with van der Waals surface area (Å²) in [4.78, 5) is 29.3. The Bertz CT molecular complexity index is 728. The average Bonchev–Trinajstić information content (AvgIpc) is 2.86. The number of hydrogen-bond donors (Lipinski definition) is 0. The number of likely N-dealkylation sites (N-methyl/N-ethyl adjacent to an activating group) is 1. The maximum atomic E-state index is 14.4. The van der Waals surface area contributed by atoms with Crippen molar-refractivity contribution in [2.75, 3.05) is 76.4 Å². The molecular formula is C19H29FN6O2. The van der Waals surface area contributed by atoms with Gasteiger partial charge in [0, 0.05) is 58.3 Å². The highest BCUT2D eigenvalue weighted by Crippen LogP contribution is 2.33. The van der Waals surface area contributed by atoms with E-state index in [2.05, 4.69) is 26.8 Å². The number of piperazine rings is 1. The first-order valence-electron chi connectivity index (χ1n) is 10.0. The van der Waals surface area contributed by atoms with Gasteiger partial charge < -0.3 is 19.4 Å². The topological polar surface area (TPSA) is 65.0 Å². The van der Waals surface area contributed by atoms with E-state index < -0.39 is 5.82 Å². The molecule has 8 nitrogen and oxygen atoms in total. The van der Waals surface area contributed by atoms with E-state index in [9.17, 15) is 9.18 Å². The lowest BCUT2D eigenvalue weighted by atomic mass is 9.86. The Kier molecular flexibility index (Phi) is 5.37. The summed E-state index contributed by atoms with van der Waals surface area (Å²) in [5.41, 5.74) is -0.0878. The molecule has 28 heavy (non-hydrogen) atoms. The molecular weight excluding hydrogens is 363 g/mol. The van der Waals surface area contributed by atoms with Crippen molar-refractivity contribution in [2.45, 2.75) is 24.8 Å². The Morgan fingerprint density at radius 1 is 1.07 bits per heavy atom. The maximum absolute atomic E-state index is 14.4. The summed E-state index contributed by atoms with van der Waals surface area (Å²) in [5, 5.41) is 0. The van der Waals surface area contributed by atoms with Crippen LogP contribution in [0.2, 0.25) is 0 Å². The number of anilines is 2. The number of ether oxygens (including phenoxy) is 1. The highest BCUT2D eigenvalue weighted by molar-refractivity contribution is 5.76. The fourth-order valence-corrected chi connectivity index (χ4v) is 4.43. The minimum atomic E-state index is -0.392. The second kappa shape index (κ2) is 7.79. The number of nitrogens with zero attached hydrogens (tertiary/aromatic N) is 6. The van der Waals surface area contributed by atoms with Crippen LogP contribution in [-0.4, -0.2) is 97.8 Å². The predicted octanol–water partition coefficient (Wildman–Crippen LogP) is 0.585. The molecule has 0 aliphatic carbocycles. The summed E-state index contributed by atoms with van der Waals surface area (Å²) in [6.07, 6.45) is 3.57. The van der Waals surface area contributed by atoms with Crippen molar-refractivity contribution in [1.29, 1.82) is 0 Å². The van der Waals surface area contributed by atoms with Crippen LogP contribution >= 0.6 is 0 Å². The van der Waals surface area contributed by atoms with Crippen molar-refractivity contribution < 1.29 is 13.9 Å². The van der Waals surface area contributed by atoms with Gasteiger partial charge in [-0.25, -0.2) is 9.37 Å². The first-order valence-corrected chi connectivity index (χ1v) is 10.0. The molecule has 0 saturated carbocycles. The third-order valence-corrected chi connectivity index (χ3v) is 6.45. The van der Waals surface area contributed by atoms with Crippen LogP contribution in [-0.2, 0) is 9.53 Å². The average molecular weight is 392 g/mol. The molecule has 1 aromatic heterocycles. The number of rotatable bonds is 2. The fraction of sp³-hybridized carbons (Fsp3) is 0.737. The summed E-state index contributed by atoms with van der Waals surface area (Å²) < 4.78 is 19.8. The van der Waals surface area contributed by atoms with Crippen LogP contribution in [0.3, 0.4) is 0 Å². The summed E-state index contributed by atoms with van der Waals surface area (Å²) in [5.74, 6) is 0.738. The van der Waals surface area contributed by atoms with Crippen molar-refractivity contribution in [3.63, 3.8) is 0 Å². The molecule has 1 unspecified atom stereocenters. The smallest absolute Gasteiger partial charge is 0.227 e. The van der Waals surface area contributed by atoms with Crippen LogP contribution in [0.4, 0.5) is 16.2 Å². The Morgan fingerprint density at radius 3 is 2.64 bits per heavy atom. The summed E-state index contributed by atoms with van der Waals surface area (Å²) in [6, 6.07) is 0. The second-order valence-corrected chi connectivity index (χ2v) is 8.07. The van der Waals surface area contributed by atoms with Crippen molar-refractivity contribution in [1.82, 2.24) is 19.8 Å². The number of halogens is 1. The van der Waals surface area contributed by atoms with E-state index in [0.29, 0.717) is 44.5 Å². The predicted molar refractivity (Wildman–Crippen MR) is 104 cm³/mol. The second-order valence-electron chi connectivity index (χ2n) is 8.07. The number of carbonyl (C=O) groups excluding carboxylic acids is 1. The van der Waals surface area contributed by atoms with Gasteiger partial charge in [-0.1, -0.05) is 0 Å². The van der Waals surface area contributed by atoms with Gasteiger partial charge in [0.05, 0.1) is 19.4 Å². The van der Waals surface area contributed by atoms with Gasteiger partial charge in [0.25, 0.3) is 0 Å². The van der Waals surface area contributed by atoms with Crippen LogP contribution in [0.25, 0.3) is 0 Å². The molecule has 154 valence electrons. The lowest BCUT2D eigenvalue weighted by Gasteiger charge is -2.49. The Hall–Kier alpha value is -2.00. The zero-order valence-electron chi connectivity index (χ0n) is 16.7. The van der Waals surface area contributed by atoms with Crippen LogP contribution in [0.15, 0.2) is 6.20 Å². The molecule has 4 heterocycles. The maximum Gasteiger partial charge on any atom is 0.227 e. The van der Waals surface area contributed by atoms with E-state index in [0.717, 1.165) is 39.0 Å². The highest BCUT2D eigenvalue weighted by atomic mass is 19.1. The molecule has 0 aromatic carbocycles. The molecule has 0 radical (unpaired) electrons. The van der Waals surface area contributed by atoms with Crippen molar-refractivity contribution in [3.8, 4) is 0 Å². The molecule has 1 atom stereocenters. The monoisotopic (exact) mass is 392 g/mol. The summed E-state index contributed by atoms with van der Waals surface area (Å²) in [6.45, 7) is 5.58. The Morgan fingerprint density at radius 2 is 1.86 bits per heavy atom. The van der Waals surface area contributed by atoms with Crippen molar-refractivity contribution in [3.05, 3.63) is 12.0 Å². The van der Waals surface area contributed by atoms with E-state index in [4.69, 9.17) is 4.74 Å². The molecule has 9 heteroatoms. The molecule has 1 aromatic rings. The third-order valence-electron chi connectivity index (χ3n) is 6.45. The molecule has 1 spiro atoms. The van der Waals surface area contributed by atoms with Gasteiger partial charge >= 0.3 is 0 Å². The normalized spacial score (nSPS) is 27.4. The van der Waals surface area contributed by atoms with Gasteiger partial charge in [-0.05, 0) is 19.9 Å². The SMILES string of the molecule is CN1CCC2(CCC1=O)CN(c1ncc(F)c(N3CCOCC3)n1)CCN2C. The number of likely N-dealkylation sites (tertiary alicyclic amines) is 1. The molecule has 1 amide bonds. The first-order chi connectivity index (χ1) is 13.5. The number of carbonyl (C=O) groups is 1. The quantitative estimate of drug-likeness (QED) is 0.730. The number of aromatic nitrogens is 2. The van der Waals surface area contributed by atoms with Gasteiger partial charge in [0.15, 0.2) is 11.6 Å². The van der Waals surface area contributed by atoms with Crippen LogP contribution in [0.1, 0.15) is 19.3 Å². The lowest BCUT2D eigenvalue weighted by molar-refractivity contribution is -0.129. The molecule has 3 fully saturated rings. The zero-order chi connectivity index (χ0) is 19.7. The molecule has 0 N–H and O–H groups in total. The van der Waals surface area contributed by atoms with Gasteiger partial charge in [0.1, 0.15) is 0 Å². The number of amides is 1. The van der Waals surface area contributed by atoms with Crippen LogP contribution < -0.4 is 9.80 Å². The summed E-state index contributed by atoms with van der Waals surface area (Å²) >= 11 is 0. The third kappa shape index (κ3) is 3.65. The van der Waals surface area contributed by atoms with Crippen LogP contribution in [0.5, 0.6) is 0 Å². The van der Waals surface area contributed by atoms with Gasteiger partial charge in [-0.15, -0.1) is 0 Å². The van der Waals surface area contributed by atoms with E-state index in [1.807, 2.05) is 16.8 Å². The standard InChI is InChI=1S/C19H29FN6O2/c1-23-6-5-19(4-3-16(23)27)14-26(8-7-24(19)2)18-21-13-15(20)17(22-18)25-9-11-28-12-10-25/h13H,3-12,14H2,1-2H3. The van der Waals surface area contributed by atoms with E-state index >= 15 is 0 Å². The lowest BCUT2D eigenvalue weighted by Crippen LogP contribution is -2.61. The molecule has 4 rings (SSSR count). The molecule has 3 aliphatic rings. The number of hydrogen-bond acceptors (Lipinski definition) is 7. The zero-order valence-corrected chi connectivity index (χ0v) is 16.7.